The third-order valence-corrected chi connectivity index (χ3v) is 6.81. The largest absolute Gasteiger partial charge is 0.354 e. The van der Waals surface area contributed by atoms with E-state index in [1.165, 1.54) is 0 Å². The Labute approximate surface area is 212 Å². The van der Waals surface area contributed by atoms with Crippen LogP contribution in [0.5, 0.6) is 0 Å². The number of anilines is 1. The van der Waals surface area contributed by atoms with Crippen molar-refractivity contribution in [3.05, 3.63) is 71.5 Å². The molecule has 1 aromatic carbocycles. The van der Waals surface area contributed by atoms with Crippen molar-refractivity contribution in [2.75, 3.05) is 38.1 Å². The number of amides is 1. The number of benzene rings is 1. The molecule has 0 radical (unpaired) electrons. The molecule has 1 amide bonds. The molecule has 0 aliphatic carbocycles. The Morgan fingerprint density at radius 3 is 2.53 bits per heavy atom. The van der Waals surface area contributed by atoms with Crippen LogP contribution in [-0.2, 0) is 6.54 Å². The van der Waals surface area contributed by atoms with E-state index in [2.05, 4.69) is 59.1 Å². The van der Waals surface area contributed by atoms with Crippen LogP contribution in [0.25, 0.3) is 22.3 Å². The van der Waals surface area contributed by atoms with Gasteiger partial charge < -0.3 is 15.1 Å². The molecule has 0 atom stereocenters. The molecule has 0 saturated carbocycles. The highest BCUT2D eigenvalue weighted by Gasteiger charge is 2.19. The Kier molecular flexibility index (Phi) is 6.69. The lowest BCUT2D eigenvalue weighted by molar-refractivity contribution is 0.0952. The van der Waals surface area contributed by atoms with Crippen molar-refractivity contribution in [3.63, 3.8) is 0 Å². The van der Waals surface area contributed by atoms with E-state index in [0.717, 1.165) is 59.8 Å². The van der Waals surface area contributed by atoms with Gasteiger partial charge in [0.25, 0.3) is 5.91 Å². The molecular weight excluding hydrogens is 450 g/mol. The maximum absolute atomic E-state index is 13.4. The molecule has 1 saturated heterocycles. The van der Waals surface area contributed by atoms with Crippen molar-refractivity contribution in [2.24, 2.45) is 0 Å². The number of aromatic nitrogens is 4. The zero-order chi connectivity index (χ0) is 25.2. The number of pyridine rings is 2. The van der Waals surface area contributed by atoms with E-state index in [9.17, 15) is 4.79 Å². The second-order valence-electron chi connectivity index (χ2n) is 9.79. The van der Waals surface area contributed by atoms with Gasteiger partial charge in [-0.05, 0) is 51.1 Å². The van der Waals surface area contributed by atoms with Gasteiger partial charge in [0.05, 0.1) is 22.8 Å². The molecule has 0 bridgehead atoms. The Balaban J connectivity index is 1.39. The number of hydrogen-bond acceptors (Lipinski definition) is 6. The predicted octanol–water partition coefficient (Wildman–Crippen LogP) is 4.06. The maximum Gasteiger partial charge on any atom is 0.252 e. The van der Waals surface area contributed by atoms with Crippen molar-refractivity contribution in [1.29, 1.82) is 0 Å². The van der Waals surface area contributed by atoms with Crippen molar-refractivity contribution >= 4 is 22.8 Å². The van der Waals surface area contributed by atoms with Crippen LogP contribution >= 0.6 is 0 Å². The number of likely N-dealkylation sites (N-methyl/N-ethyl adjacent to an activating group) is 1. The Morgan fingerprint density at radius 2 is 1.83 bits per heavy atom. The smallest absolute Gasteiger partial charge is 0.252 e. The molecule has 0 unspecified atom stereocenters. The average Bonchev–Trinajstić information content (AvgIpc) is 3.32. The second kappa shape index (κ2) is 10.1. The molecule has 1 fully saturated rings. The van der Waals surface area contributed by atoms with Gasteiger partial charge in [0.2, 0.25) is 0 Å². The molecule has 5 rings (SSSR count). The lowest BCUT2D eigenvalue weighted by Crippen LogP contribution is -2.44. The molecular formula is C28H33N7O. The minimum absolute atomic E-state index is 0.128. The fraction of sp³-hybridized carbons (Fsp3) is 0.357. The first kappa shape index (κ1) is 23.9. The molecule has 36 heavy (non-hydrogen) atoms. The lowest BCUT2D eigenvalue weighted by Gasteiger charge is -2.33. The summed E-state index contributed by atoms with van der Waals surface area (Å²) in [6.45, 7) is 10.6. The predicted molar refractivity (Wildman–Crippen MR) is 143 cm³/mol. The van der Waals surface area contributed by atoms with Crippen LogP contribution < -0.4 is 10.2 Å². The zero-order valence-corrected chi connectivity index (χ0v) is 21.4. The lowest BCUT2D eigenvalue weighted by atomic mass is 10.0. The number of rotatable bonds is 6. The highest BCUT2D eigenvalue weighted by molar-refractivity contribution is 6.06. The van der Waals surface area contributed by atoms with Gasteiger partial charge >= 0.3 is 0 Å². The first-order chi connectivity index (χ1) is 17.4. The second-order valence-corrected chi connectivity index (χ2v) is 9.79. The van der Waals surface area contributed by atoms with Crippen molar-refractivity contribution in [2.45, 2.75) is 33.4 Å². The quantitative estimate of drug-likeness (QED) is 0.446. The molecule has 1 aliphatic heterocycles. The number of nitrogens with zero attached hydrogens (tertiary/aromatic N) is 6. The van der Waals surface area contributed by atoms with Gasteiger partial charge in [-0.25, -0.2) is 14.6 Å². The molecule has 4 heterocycles. The van der Waals surface area contributed by atoms with Crippen LogP contribution in [0.3, 0.4) is 0 Å². The highest BCUT2D eigenvalue weighted by Crippen LogP contribution is 2.28. The highest BCUT2D eigenvalue weighted by atomic mass is 16.1. The molecule has 186 valence electrons. The molecule has 0 spiro atoms. The van der Waals surface area contributed by atoms with E-state index in [1.54, 1.807) is 6.20 Å². The monoisotopic (exact) mass is 483 g/mol. The summed E-state index contributed by atoms with van der Waals surface area (Å²) in [5.74, 6) is 0.835. The first-order valence-electron chi connectivity index (χ1n) is 12.5. The van der Waals surface area contributed by atoms with Crippen LogP contribution in [0.2, 0.25) is 0 Å². The van der Waals surface area contributed by atoms with Gasteiger partial charge in [0, 0.05) is 50.5 Å². The molecule has 3 aromatic heterocycles. The maximum atomic E-state index is 13.4. The Morgan fingerprint density at radius 1 is 1.06 bits per heavy atom. The average molecular weight is 484 g/mol. The van der Waals surface area contributed by atoms with Crippen molar-refractivity contribution in [1.82, 2.24) is 30.0 Å². The van der Waals surface area contributed by atoms with Crippen molar-refractivity contribution < 1.29 is 4.79 Å². The number of carbonyl (C=O) groups excluding carboxylic acids is 1. The van der Waals surface area contributed by atoms with Crippen LogP contribution in [0.1, 0.15) is 41.4 Å². The van der Waals surface area contributed by atoms with E-state index in [1.807, 2.05) is 47.3 Å². The van der Waals surface area contributed by atoms with Gasteiger partial charge in [-0.1, -0.05) is 30.3 Å². The van der Waals surface area contributed by atoms with E-state index < -0.39 is 0 Å². The minimum Gasteiger partial charge on any atom is -0.354 e. The Bertz CT molecular complexity index is 1370. The third kappa shape index (κ3) is 4.81. The van der Waals surface area contributed by atoms with Gasteiger partial charge in [0.15, 0.2) is 5.65 Å². The number of piperazine rings is 1. The minimum atomic E-state index is -0.149. The van der Waals surface area contributed by atoms with Crippen LogP contribution in [0.15, 0.2) is 54.9 Å². The summed E-state index contributed by atoms with van der Waals surface area (Å²) < 4.78 is 1.87. The summed E-state index contributed by atoms with van der Waals surface area (Å²) in [5, 5.41) is 8.36. The van der Waals surface area contributed by atoms with Gasteiger partial charge in [-0.15, -0.1) is 0 Å². The molecule has 4 aromatic rings. The van der Waals surface area contributed by atoms with Crippen molar-refractivity contribution in [3.8, 4) is 11.3 Å². The summed E-state index contributed by atoms with van der Waals surface area (Å²) in [6.07, 6.45) is 3.59. The third-order valence-electron chi connectivity index (χ3n) is 6.81. The molecule has 8 heteroatoms. The van der Waals surface area contributed by atoms with Gasteiger partial charge in [-0.3, -0.25) is 4.79 Å². The number of nitrogens with one attached hydrogen (secondary N) is 1. The van der Waals surface area contributed by atoms with E-state index >= 15 is 0 Å². The summed E-state index contributed by atoms with van der Waals surface area (Å²) in [6, 6.07) is 14.2. The fourth-order valence-electron chi connectivity index (χ4n) is 4.60. The van der Waals surface area contributed by atoms with Gasteiger partial charge in [0.1, 0.15) is 5.82 Å². The number of carbonyl (C=O) groups is 1. The van der Waals surface area contributed by atoms with E-state index in [4.69, 9.17) is 4.98 Å². The van der Waals surface area contributed by atoms with Crippen LogP contribution in [0, 0.1) is 6.92 Å². The van der Waals surface area contributed by atoms with E-state index in [0.29, 0.717) is 17.8 Å². The summed E-state index contributed by atoms with van der Waals surface area (Å²) in [5.41, 5.74) is 5.14. The fourth-order valence-corrected chi connectivity index (χ4v) is 4.60. The molecule has 1 aliphatic rings. The molecule has 1 N–H and O–H groups in total. The zero-order valence-electron chi connectivity index (χ0n) is 21.4. The summed E-state index contributed by atoms with van der Waals surface area (Å²) >= 11 is 0. The normalized spacial score (nSPS) is 14.5. The Hall–Kier alpha value is -3.78. The topological polar surface area (TPSA) is 79.2 Å². The number of fused-ring (bicyclic) bond motifs is 1. The standard InChI is InChI=1S/C28H33N7O/c1-19(2)35-27-24(18-31-35)23(15-25(32-27)22-8-6-5-7-20(22)3)28(36)30-17-21-9-10-26(29-16-21)34-13-11-33(4)12-14-34/h5-10,15-16,18-19H,11-14,17H2,1-4H3,(H,30,36). The van der Waals surface area contributed by atoms with E-state index in [-0.39, 0.29) is 11.9 Å². The summed E-state index contributed by atoms with van der Waals surface area (Å²) in [4.78, 5) is 27.6. The first-order valence-corrected chi connectivity index (χ1v) is 12.5. The number of hydrogen-bond donors (Lipinski definition) is 1. The summed E-state index contributed by atoms with van der Waals surface area (Å²) in [7, 11) is 2.14. The van der Waals surface area contributed by atoms with Crippen LogP contribution in [-0.4, -0.2) is 63.8 Å². The SMILES string of the molecule is Cc1ccccc1-c1cc(C(=O)NCc2ccc(N3CCN(C)CC3)nc2)c2cnn(C(C)C)c2n1. The van der Waals surface area contributed by atoms with Crippen LogP contribution in [0.4, 0.5) is 5.82 Å². The number of aryl methyl sites for hydroxylation is 1. The molecule has 8 nitrogen and oxygen atoms in total. The van der Waals surface area contributed by atoms with Gasteiger partial charge in [-0.2, -0.15) is 5.10 Å².